The zero-order valence-corrected chi connectivity index (χ0v) is 11.2. The van der Waals surface area contributed by atoms with Gasteiger partial charge in [-0.3, -0.25) is 0 Å². The van der Waals surface area contributed by atoms with Gasteiger partial charge in [0.25, 0.3) is 0 Å². The zero-order valence-electron chi connectivity index (χ0n) is 8.75. The molecule has 0 fully saturated rings. The Kier molecular flexibility index (Phi) is 5.10. The Morgan fingerprint density at radius 3 is 2.21 bits per heavy atom. The minimum absolute atomic E-state index is 0.0837. The molecule has 82 valence electrons. The van der Waals surface area contributed by atoms with Crippen molar-refractivity contribution >= 4 is 25.8 Å². The molecule has 0 bridgehead atoms. The first-order valence-corrected chi connectivity index (χ1v) is 7.20. The van der Waals surface area contributed by atoms with E-state index in [0.29, 0.717) is 11.8 Å². The van der Waals surface area contributed by atoms with Crippen LogP contribution in [0.2, 0.25) is 0 Å². The third-order valence-electron chi connectivity index (χ3n) is 2.04. The summed E-state index contributed by atoms with van der Waals surface area (Å²) in [7, 11) is -3.08. The first kappa shape index (κ1) is 13.9. The molecule has 0 saturated carbocycles. The molecule has 0 rings (SSSR count). The lowest BCUT2D eigenvalue weighted by molar-refractivity contribution is 0.553. The number of hydrogen-bond acceptors (Lipinski definition) is 3. The minimum atomic E-state index is -3.08. The van der Waals surface area contributed by atoms with Crippen molar-refractivity contribution in [2.75, 3.05) is 11.1 Å². The molecular formula is C9H16BrNO2S. The molecule has 0 spiro atoms. The highest BCUT2D eigenvalue weighted by Crippen LogP contribution is 2.19. The molecule has 14 heavy (non-hydrogen) atoms. The van der Waals surface area contributed by atoms with E-state index in [1.165, 1.54) is 0 Å². The van der Waals surface area contributed by atoms with Gasteiger partial charge in [-0.25, -0.2) is 8.42 Å². The van der Waals surface area contributed by atoms with E-state index in [9.17, 15) is 8.42 Å². The fourth-order valence-corrected chi connectivity index (χ4v) is 2.46. The van der Waals surface area contributed by atoms with Crippen LogP contribution in [0.5, 0.6) is 0 Å². The molecule has 0 aromatic carbocycles. The lowest BCUT2D eigenvalue weighted by atomic mass is 10.1. The molecule has 0 saturated heterocycles. The van der Waals surface area contributed by atoms with Gasteiger partial charge in [-0.2, -0.15) is 5.26 Å². The van der Waals surface area contributed by atoms with Crippen molar-refractivity contribution in [1.29, 1.82) is 5.26 Å². The second kappa shape index (κ2) is 5.13. The summed E-state index contributed by atoms with van der Waals surface area (Å²) in [5.41, 5.74) is 0. The predicted octanol–water partition coefficient (Wildman–Crippen LogP) is 2.12. The molecule has 0 aliphatic carbocycles. The smallest absolute Gasteiger partial charge is 0.155 e. The van der Waals surface area contributed by atoms with Crippen molar-refractivity contribution < 1.29 is 8.42 Å². The van der Waals surface area contributed by atoms with E-state index in [4.69, 9.17) is 5.26 Å². The molecule has 1 unspecified atom stereocenters. The average Bonchev–Trinajstić information content (AvgIpc) is 2.04. The van der Waals surface area contributed by atoms with Crippen LogP contribution in [-0.2, 0) is 9.84 Å². The Hall–Kier alpha value is -0.0800. The van der Waals surface area contributed by atoms with Crippen LogP contribution in [0.3, 0.4) is 0 Å². The summed E-state index contributed by atoms with van der Waals surface area (Å²) >= 11 is 3.18. The van der Waals surface area contributed by atoms with E-state index in [1.807, 2.05) is 0 Å². The van der Waals surface area contributed by atoms with Crippen molar-refractivity contribution in [2.24, 2.45) is 5.92 Å². The van der Waals surface area contributed by atoms with Crippen LogP contribution in [0.25, 0.3) is 0 Å². The SMILES string of the molecule is CC(C)(C)S(=O)(=O)CCC(C#N)CBr. The molecule has 0 aliphatic rings. The van der Waals surface area contributed by atoms with Crippen molar-refractivity contribution in [2.45, 2.75) is 31.9 Å². The number of rotatable bonds is 4. The highest BCUT2D eigenvalue weighted by molar-refractivity contribution is 9.09. The number of nitriles is 1. The van der Waals surface area contributed by atoms with Gasteiger partial charge >= 0.3 is 0 Å². The Morgan fingerprint density at radius 2 is 1.93 bits per heavy atom. The van der Waals surface area contributed by atoms with Gasteiger partial charge in [0.1, 0.15) is 0 Å². The van der Waals surface area contributed by atoms with E-state index in [-0.39, 0.29) is 11.7 Å². The number of alkyl halides is 1. The van der Waals surface area contributed by atoms with Crippen LogP contribution in [0.4, 0.5) is 0 Å². The molecule has 3 nitrogen and oxygen atoms in total. The van der Waals surface area contributed by atoms with Crippen LogP contribution < -0.4 is 0 Å². The van der Waals surface area contributed by atoms with Gasteiger partial charge < -0.3 is 0 Å². The highest BCUT2D eigenvalue weighted by atomic mass is 79.9. The van der Waals surface area contributed by atoms with Gasteiger partial charge in [-0.1, -0.05) is 15.9 Å². The van der Waals surface area contributed by atoms with Gasteiger partial charge in [0.05, 0.1) is 22.5 Å². The topological polar surface area (TPSA) is 57.9 Å². The summed E-state index contributed by atoms with van der Waals surface area (Å²) in [6.07, 6.45) is 0.404. The zero-order chi connectivity index (χ0) is 11.4. The molecule has 0 heterocycles. The van der Waals surface area contributed by atoms with Gasteiger partial charge in [0.15, 0.2) is 9.84 Å². The maximum absolute atomic E-state index is 11.7. The van der Waals surface area contributed by atoms with Crippen LogP contribution in [0.15, 0.2) is 0 Å². The minimum Gasteiger partial charge on any atom is -0.228 e. The molecule has 1 atom stereocenters. The fourth-order valence-electron chi connectivity index (χ4n) is 0.780. The molecule has 5 heteroatoms. The van der Waals surface area contributed by atoms with Crippen LogP contribution in [0.1, 0.15) is 27.2 Å². The molecule has 0 aromatic rings. The molecule has 0 radical (unpaired) electrons. The van der Waals surface area contributed by atoms with E-state index in [2.05, 4.69) is 22.0 Å². The predicted molar refractivity (Wildman–Crippen MR) is 61.1 cm³/mol. The maximum atomic E-state index is 11.7. The highest BCUT2D eigenvalue weighted by Gasteiger charge is 2.29. The Bertz CT molecular complexity index is 311. The summed E-state index contributed by atoms with van der Waals surface area (Å²) in [5, 5.41) is 9.18. The third-order valence-corrected chi connectivity index (χ3v) is 5.46. The monoisotopic (exact) mass is 281 g/mol. The van der Waals surface area contributed by atoms with Gasteiger partial charge in [0, 0.05) is 5.33 Å². The van der Waals surface area contributed by atoms with Gasteiger partial charge in [-0.15, -0.1) is 0 Å². The number of halogens is 1. The summed E-state index contributed by atoms with van der Waals surface area (Å²) in [6.45, 7) is 5.04. The molecule has 0 amide bonds. The molecule has 0 aromatic heterocycles. The maximum Gasteiger partial charge on any atom is 0.155 e. The van der Waals surface area contributed by atoms with Gasteiger partial charge in [-0.05, 0) is 27.2 Å². The molecular weight excluding hydrogens is 266 g/mol. The van der Waals surface area contributed by atoms with Gasteiger partial charge in [0.2, 0.25) is 0 Å². The van der Waals surface area contributed by atoms with Crippen LogP contribution in [-0.4, -0.2) is 24.2 Å². The number of sulfone groups is 1. The molecule has 0 N–H and O–H groups in total. The largest absolute Gasteiger partial charge is 0.228 e. The number of hydrogen-bond donors (Lipinski definition) is 0. The summed E-state index contributed by atoms with van der Waals surface area (Å²) in [4.78, 5) is 0. The van der Waals surface area contributed by atoms with Crippen molar-refractivity contribution in [3.8, 4) is 6.07 Å². The van der Waals surface area contributed by atoms with E-state index in [1.54, 1.807) is 20.8 Å². The second-order valence-electron chi connectivity index (χ2n) is 4.20. The molecule has 0 aliphatic heterocycles. The van der Waals surface area contributed by atoms with Crippen LogP contribution >= 0.6 is 15.9 Å². The Balaban J connectivity index is 4.36. The average molecular weight is 282 g/mol. The third kappa shape index (κ3) is 3.97. The normalized spacial score (nSPS) is 14.8. The van der Waals surface area contributed by atoms with Crippen molar-refractivity contribution in [3.63, 3.8) is 0 Å². The Labute approximate surface area is 94.5 Å². The van der Waals surface area contributed by atoms with E-state index >= 15 is 0 Å². The second-order valence-corrected chi connectivity index (χ2v) is 7.71. The summed E-state index contributed by atoms with van der Waals surface area (Å²) < 4.78 is 22.6. The van der Waals surface area contributed by atoms with Crippen molar-refractivity contribution in [3.05, 3.63) is 0 Å². The lowest BCUT2D eigenvalue weighted by Gasteiger charge is -2.19. The summed E-state index contributed by atoms with van der Waals surface area (Å²) in [5.74, 6) is -0.132. The van der Waals surface area contributed by atoms with Crippen LogP contribution in [0, 0.1) is 17.2 Å². The summed E-state index contributed by atoms with van der Waals surface area (Å²) in [6, 6.07) is 2.06. The van der Waals surface area contributed by atoms with E-state index < -0.39 is 14.6 Å². The standard InChI is InChI=1S/C9H16BrNO2S/c1-9(2,3)14(12,13)5-4-8(6-10)7-11/h8H,4-6H2,1-3H3. The van der Waals surface area contributed by atoms with E-state index in [0.717, 1.165) is 0 Å². The Morgan fingerprint density at radius 1 is 1.43 bits per heavy atom. The number of nitrogens with zero attached hydrogens (tertiary/aromatic N) is 1. The van der Waals surface area contributed by atoms with Crippen molar-refractivity contribution in [1.82, 2.24) is 0 Å². The first-order valence-electron chi connectivity index (χ1n) is 4.42. The lowest BCUT2D eigenvalue weighted by Crippen LogP contribution is -2.31. The quantitative estimate of drug-likeness (QED) is 0.742. The first-order chi connectivity index (χ1) is 6.24. The fraction of sp³-hybridized carbons (Fsp3) is 0.889.